The Hall–Kier alpha value is -0.540. The highest BCUT2D eigenvalue weighted by Crippen LogP contribution is 2.29. The summed E-state index contributed by atoms with van der Waals surface area (Å²) in [5, 5.41) is 0. The Morgan fingerprint density at radius 2 is 1.82 bits per heavy atom. The molecule has 1 aliphatic rings. The second-order valence-corrected chi connectivity index (χ2v) is 5.58. The summed E-state index contributed by atoms with van der Waals surface area (Å²) in [7, 11) is 0. The van der Waals surface area contributed by atoms with Gasteiger partial charge in [-0.3, -0.25) is 0 Å². The van der Waals surface area contributed by atoms with Gasteiger partial charge in [0, 0.05) is 17.6 Å². The van der Waals surface area contributed by atoms with Gasteiger partial charge in [0.1, 0.15) is 0 Å². The Morgan fingerprint density at radius 3 is 2.41 bits per heavy atom. The highest BCUT2D eigenvalue weighted by molar-refractivity contribution is 9.10. The zero-order chi connectivity index (χ0) is 12.1. The molecule has 2 N–H and O–H groups in total. The van der Waals surface area contributed by atoms with E-state index in [1.807, 2.05) is 0 Å². The maximum Gasteiger partial charge on any atom is 0.0510 e. The zero-order valence-corrected chi connectivity index (χ0v) is 11.9. The van der Waals surface area contributed by atoms with Gasteiger partial charge in [-0.2, -0.15) is 0 Å². The topological polar surface area (TPSA) is 29.3 Å². The summed E-state index contributed by atoms with van der Waals surface area (Å²) in [6.45, 7) is 3.10. The van der Waals surface area contributed by atoms with E-state index in [-0.39, 0.29) is 0 Å². The SMILES string of the molecule is NCCc1ccc(N2CCCCCC2)c(Br)c1. The van der Waals surface area contributed by atoms with Crippen LogP contribution in [0.1, 0.15) is 31.2 Å². The number of hydrogen-bond donors (Lipinski definition) is 1. The van der Waals surface area contributed by atoms with Crippen LogP contribution in [0.15, 0.2) is 22.7 Å². The summed E-state index contributed by atoms with van der Waals surface area (Å²) in [5.41, 5.74) is 8.24. The van der Waals surface area contributed by atoms with Crippen molar-refractivity contribution in [3.05, 3.63) is 28.2 Å². The Morgan fingerprint density at radius 1 is 1.12 bits per heavy atom. The van der Waals surface area contributed by atoms with Gasteiger partial charge < -0.3 is 10.6 Å². The van der Waals surface area contributed by atoms with Crippen molar-refractivity contribution in [3.8, 4) is 0 Å². The van der Waals surface area contributed by atoms with E-state index >= 15 is 0 Å². The van der Waals surface area contributed by atoms with Crippen LogP contribution in [-0.4, -0.2) is 19.6 Å². The van der Waals surface area contributed by atoms with Crippen molar-refractivity contribution in [1.29, 1.82) is 0 Å². The maximum atomic E-state index is 5.59. The van der Waals surface area contributed by atoms with Crippen LogP contribution < -0.4 is 10.6 Å². The molecule has 0 saturated carbocycles. The van der Waals surface area contributed by atoms with Gasteiger partial charge in [-0.25, -0.2) is 0 Å². The van der Waals surface area contributed by atoms with E-state index in [1.165, 1.54) is 54.5 Å². The van der Waals surface area contributed by atoms with Crippen LogP contribution in [0.5, 0.6) is 0 Å². The van der Waals surface area contributed by atoms with Crippen LogP contribution in [0, 0.1) is 0 Å². The first-order valence-electron chi connectivity index (χ1n) is 6.54. The molecule has 3 heteroatoms. The third-order valence-electron chi connectivity index (χ3n) is 3.39. The van der Waals surface area contributed by atoms with Gasteiger partial charge in [0.15, 0.2) is 0 Å². The van der Waals surface area contributed by atoms with Crippen molar-refractivity contribution in [2.45, 2.75) is 32.1 Å². The lowest BCUT2D eigenvalue weighted by Gasteiger charge is -2.24. The van der Waals surface area contributed by atoms with E-state index in [0.29, 0.717) is 0 Å². The molecule has 0 radical (unpaired) electrons. The molecule has 0 aliphatic carbocycles. The van der Waals surface area contributed by atoms with Crippen LogP contribution in [-0.2, 0) is 6.42 Å². The van der Waals surface area contributed by atoms with E-state index in [9.17, 15) is 0 Å². The summed E-state index contributed by atoms with van der Waals surface area (Å²) < 4.78 is 1.21. The van der Waals surface area contributed by atoms with Gasteiger partial charge in [0.25, 0.3) is 0 Å². The molecule has 0 spiro atoms. The summed E-state index contributed by atoms with van der Waals surface area (Å²) >= 11 is 3.70. The molecule has 1 aliphatic heterocycles. The van der Waals surface area contributed by atoms with Gasteiger partial charge in [-0.1, -0.05) is 18.9 Å². The average Bonchev–Trinajstić information content (AvgIpc) is 2.58. The Kier molecular flexibility index (Phi) is 4.86. The minimum atomic E-state index is 0.718. The molecule has 1 saturated heterocycles. The van der Waals surface area contributed by atoms with E-state index in [4.69, 9.17) is 5.73 Å². The second-order valence-electron chi connectivity index (χ2n) is 4.73. The molecular weight excluding hydrogens is 276 g/mol. The number of rotatable bonds is 3. The second kappa shape index (κ2) is 6.41. The number of halogens is 1. The lowest BCUT2D eigenvalue weighted by atomic mass is 10.1. The maximum absolute atomic E-state index is 5.59. The van der Waals surface area contributed by atoms with Crippen LogP contribution in [0.3, 0.4) is 0 Å². The average molecular weight is 297 g/mol. The van der Waals surface area contributed by atoms with Crippen LogP contribution >= 0.6 is 15.9 Å². The van der Waals surface area contributed by atoms with Crippen molar-refractivity contribution in [1.82, 2.24) is 0 Å². The molecular formula is C14H21BrN2. The minimum absolute atomic E-state index is 0.718. The minimum Gasteiger partial charge on any atom is -0.371 e. The predicted molar refractivity (Wildman–Crippen MR) is 77.6 cm³/mol. The van der Waals surface area contributed by atoms with Gasteiger partial charge in [-0.15, -0.1) is 0 Å². The van der Waals surface area contributed by atoms with Crippen molar-refractivity contribution in [2.24, 2.45) is 5.73 Å². The van der Waals surface area contributed by atoms with Crippen molar-refractivity contribution in [3.63, 3.8) is 0 Å². The van der Waals surface area contributed by atoms with Crippen LogP contribution in [0.4, 0.5) is 5.69 Å². The molecule has 0 atom stereocenters. The molecule has 0 aromatic heterocycles. The van der Waals surface area contributed by atoms with E-state index < -0.39 is 0 Å². The fourth-order valence-electron chi connectivity index (χ4n) is 2.44. The summed E-state index contributed by atoms with van der Waals surface area (Å²) in [4.78, 5) is 2.50. The first-order chi connectivity index (χ1) is 8.31. The first-order valence-corrected chi connectivity index (χ1v) is 7.34. The number of nitrogens with zero attached hydrogens (tertiary/aromatic N) is 1. The normalized spacial score (nSPS) is 16.9. The number of anilines is 1. The number of nitrogens with two attached hydrogens (primary N) is 1. The van der Waals surface area contributed by atoms with E-state index in [2.05, 4.69) is 39.0 Å². The smallest absolute Gasteiger partial charge is 0.0510 e. The number of hydrogen-bond acceptors (Lipinski definition) is 2. The van der Waals surface area contributed by atoms with Crippen molar-refractivity contribution >= 4 is 21.6 Å². The lowest BCUT2D eigenvalue weighted by molar-refractivity contribution is 0.726. The van der Waals surface area contributed by atoms with Crippen LogP contribution in [0.25, 0.3) is 0 Å². The molecule has 1 fully saturated rings. The number of benzene rings is 1. The first kappa shape index (κ1) is 12.9. The summed E-state index contributed by atoms with van der Waals surface area (Å²) in [6, 6.07) is 6.66. The Balaban J connectivity index is 2.14. The highest BCUT2D eigenvalue weighted by atomic mass is 79.9. The van der Waals surface area contributed by atoms with E-state index in [1.54, 1.807) is 0 Å². The molecule has 1 aromatic carbocycles. The molecule has 0 amide bonds. The fourth-order valence-corrected chi connectivity index (χ4v) is 3.12. The third-order valence-corrected chi connectivity index (χ3v) is 4.03. The molecule has 2 rings (SSSR count). The van der Waals surface area contributed by atoms with E-state index in [0.717, 1.165) is 13.0 Å². The van der Waals surface area contributed by atoms with Crippen LogP contribution in [0.2, 0.25) is 0 Å². The van der Waals surface area contributed by atoms with Gasteiger partial charge in [-0.05, 0) is 59.4 Å². The molecule has 2 nitrogen and oxygen atoms in total. The molecule has 1 heterocycles. The fraction of sp³-hybridized carbons (Fsp3) is 0.571. The Labute approximate surface area is 112 Å². The molecule has 0 unspecified atom stereocenters. The molecule has 94 valence electrons. The van der Waals surface area contributed by atoms with Crippen molar-refractivity contribution < 1.29 is 0 Å². The monoisotopic (exact) mass is 296 g/mol. The van der Waals surface area contributed by atoms with Gasteiger partial charge in [0.05, 0.1) is 5.69 Å². The van der Waals surface area contributed by atoms with Crippen molar-refractivity contribution in [2.75, 3.05) is 24.5 Å². The quantitative estimate of drug-likeness (QED) is 0.927. The summed E-state index contributed by atoms with van der Waals surface area (Å²) in [6.07, 6.45) is 6.34. The Bertz CT molecular complexity index is 357. The highest BCUT2D eigenvalue weighted by Gasteiger charge is 2.12. The largest absolute Gasteiger partial charge is 0.371 e. The molecule has 1 aromatic rings. The van der Waals surface area contributed by atoms with Gasteiger partial charge >= 0.3 is 0 Å². The third kappa shape index (κ3) is 3.46. The zero-order valence-electron chi connectivity index (χ0n) is 10.3. The summed E-state index contributed by atoms with van der Waals surface area (Å²) in [5.74, 6) is 0. The predicted octanol–water partition coefficient (Wildman–Crippen LogP) is 3.33. The molecule has 17 heavy (non-hydrogen) atoms. The lowest BCUT2D eigenvalue weighted by Crippen LogP contribution is -2.24. The van der Waals surface area contributed by atoms with Gasteiger partial charge in [0.2, 0.25) is 0 Å². The standard InChI is InChI=1S/C14H21BrN2/c15-13-11-12(7-8-16)5-6-14(13)17-9-3-1-2-4-10-17/h5-6,11H,1-4,7-10,16H2. The molecule has 0 bridgehead atoms.